The van der Waals surface area contributed by atoms with Crippen LogP contribution in [0.1, 0.15) is 63.5 Å². The van der Waals surface area contributed by atoms with E-state index >= 15 is 0 Å². The number of amides is 2. The average molecular weight is 400 g/mol. The molecule has 0 aromatic carbocycles. The van der Waals surface area contributed by atoms with Crippen LogP contribution < -0.4 is 0 Å². The van der Waals surface area contributed by atoms with Crippen molar-refractivity contribution < 1.29 is 14.7 Å². The fourth-order valence-electron chi connectivity index (χ4n) is 5.32. The van der Waals surface area contributed by atoms with E-state index in [2.05, 4.69) is 9.88 Å². The Bertz CT molecular complexity index is 707. The molecule has 1 saturated carbocycles. The fourth-order valence-corrected chi connectivity index (χ4v) is 5.32. The monoisotopic (exact) mass is 399 g/mol. The van der Waals surface area contributed by atoms with Gasteiger partial charge in [0.2, 0.25) is 11.8 Å². The number of aromatic nitrogens is 1. The van der Waals surface area contributed by atoms with Crippen LogP contribution in [0.4, 0.5) is 0 Å². The molecule has 1 spiro atoms. The minimum absolute atomic E-state index is 0.168. The molecule has 2 amide bonds. The smallest absolute Gasteiger partial charge is 0.222 e. The number of aliphatic hydroxyl groups is 1. The minimum Gasteiger partial charge on any atom is -0.393 e. The summed E-state index contributed by atoms with van der Waals surface area (Å²) in [5, 5.41) is 9.79. The van der Waals surface area contributed by atoms with Gasteiger partial charge in [0.05, 0.1) is 6.10 Å². The Kier molecular flexibility index (Phi) is 6.18. The molecule has 3 heterocycles. The first kappa shape index (κ1) is 20.3. The molecule has 1 aromatic rings. The van der Waals surface area contributed by atoms with E-state index in [0.717, 1.165) is 70.3 Å². The number of hydrogen-bond donors (Lipinski definition) is 1. The maximum atomic E-state index is 12.6. The molecule has 2 aliphatic heterocycles. The Morgan fingerprint density at radius 3 is 2.59 bits per heavy atom. The molecule has 1 aromatic heterocycles. The number of carbonyl (C=O) groups is 2. The van der Waals surface area contributed by atoms with Gasteiger partial charge in [-0.25, -0.2) is 0 Å². The molecule has 1 aliphatic carbocycles. The van der Waals surface area contributed by atoms with E-state index < -0.39 is 0 Å². The van der Waals surface area contributed by atoms with Crippen LogP contribution in [0.2, 0.25) is 0 Å². The Labute approximate surface area is 173 Å². The summed E-state index contributed by atoms with van der Waals surface area (Å²) in [6, 6.07) is 6.11. The second-order valence-electron chi connectivity index (χ2n) is 9.19. The number of carbonyl (C=O) groups excluding carboxylic acids is 2. The highest BCUT2D eigenvalue weighted by Crippen LogP contribution is 2.42. The van der Waals surface area contributed by atoms with Gasteiger partial charge in [0.1, 0.15) is 0 Å². The van der Waals surface area contributed by atoms with E-state index in [0.29, 0.717) is 25.3 Å². The van der Waals surface area contributed by atoms with Gasteiger partial charge in [0.15, 0.2) is 0 Å². The topological polar surface area (TPSA) is 73.7 Å². The molecule has 3 fully saturated rings. The lowest BCUT2D eigenvalue weighted by atomic mass is 9.71. The summed E-state index contributed by atoms with van der Waals surface area (Å²) in [5.41, 5.74) is 1.13. The summed E-state index contributed by atoms with van der Waals surface area (Å²) in [5.74, 6) is 0.501. The number of piperidine rings is 2. The normalized spacial score (nSPS) is 27.3. The maximum absolute atomic E-state index is 12.6. The molecule has 0 atom stereocenters. The van der Waals surface area contributed by atoms with Gasteiger partial charge < -0.3 is 14.9 Å². The van der Waals surface area contributed by atoms with Crippen LogP contribution in [0.3, 0.4) is 0 Å². The zero-order valence-electron chi connectivity index (χ0n) is 17.3. The van der Waals surface area contributed by atoms with E-state index in [-0.39, 0.29) is 23.3 Å². The summed E-state index contributed by atoms with van der Waals surface area (Å²) in [7, 11) is 0. The molecule has 1 N–H and O–H groups in total. The molecule has 3 aliphatic rings. The number of nitrogens with zero attached hydrogens (tertiary/aromatic N) is 3. The van der Waals surface area contributed by atoms with Crippen LogP contribution in [-0.4, -0.2) is 63.5 Å². The van der Waals surface area contributed by atoms with E-state index in [1.165, 1.54) is 0 Å². The van der Waals surface area contributed by atoms with Crippen molar-refractivity contribution in [2.24, 2.45) is 5.41 Å². The standard InChI is InChI=1S/C23H33N3O3/c27-20-7-5-19(6-8-20)26-17-23(11-10-22(26)29)12-15-25(16-13-23)21(28)9-4-18-3-1-2-14-24-18/h1-3,14,19-20,27H,4-13,15-17H2. The van der Waals surface area contributed by atoms with Crippen molar-refractivity contribution in [3.8, 4) is 0 Å². The summed E-state index contributed by atoms with van der Waals surface area (Å²) >= 11 is 0. The van der Waals surface area contributed by atoms with Crippen LogP contribution in [0, 0.1) is 5.41 Å². The molecule has 0 bridgehead atoms. The zero-order chi connectivity index (χ0) is 20.3. The molecule has 6 nitrogen and oxygen atoms in total. The first-order valence-electron chi connectivity index (χ1n) is 11.2. The highest BCUT2D eigenvalue weighted by molar-refractivity contribution is 5.78. The van der Waals surface area contributed by atoms with Gasteiger partial charge in [-0.2, -0.15) is 0 Å². The Morgan fingerprint density at radius 1 is 1.14 bits per heavy atom. The van der Waals surface area contributed by atoms with Crippen LogP contribution >= 0.6 is 0 Å². The third-order valence-electron chi connectivity index (χ3n) is 7.30. The van der Waals surface area contributed by atoms with E-state index in [1.807, 2.05) is 23.1 Å². The van der Waals surface area contributed by atoms with Crippen LogP contribution in [0.15, 0.2) is 24.4 Å². The lowest BCUT2D eigenvalue weighted by Crippen LogP contribution is -2.55. The van der Waals surface area contributed by atoms with Crippen molar-refractivity contribution in [3.05, 3.63) is 30.1 Å². The molecule has 0 unspecified atom stereocenters. The number of likely N-dealkylation sites (tertiary alicyclic amines) is 2. The van der Waals surface area contributed by atoms with Crippen molar-refractivity contribution in [3.63, 3.8) is 0 Å². The largest absolute Gasteiger partial charge is 0.393 e. The van der Waals surface area contributed by atoms with Gasteiger partial charge in [-0.1, -0.05) is 6.07 Å². The van der Waals surface area contributed by atoms with Gasteiger partial charge in [-0.15, -0.1) is 0 Å². The summed E-state index contributed by atoms with van der Waals surface area (Å²) in [4.78, 5) is 33.7. The molecule has 29 heavy (non-hydrogen) atoms. The summed E-state index contributed by atoms with van der Waals surface area (Å²) in [6.07, 6.45) is 9.79. The van der Waals surface area contributed by atoms with Crippen LogP contribution in [0.5, 0.6) is 0 Å². The molecule has 4 rings (SSSR count). The van der Waals surface area contributed by atoms with Crippen LogP contribution in [0.25, 0.3) is 0 Å². The molecule has 6 heteroatoms. The molecule has 0 radical (unpaired) electrons. The van der Waals surface area contributed by atoms with Crippen molar-refractivity contribution >= 4 is 11.8 Å². The Morgan fingerprint density at radius 2 is 1.90 bits per heavy atom. The quantitative estimate of drug-likeness (QED) is 0.844. The average Bonchev–Trinajstić information content (AvgIpc) is 2.76. The highest BCUT2D eigenvalue weighted by atomic mass is 16.3. The minimum atomic E-state index is -0.194. The second-order valence-corrected chi connectivity index (χ2v) is 9.19. The number of rotatable bonds is 4. The number of pyridine rings is 1. The second kappa shape index (κ2) is 8.82. The van der Waals surface area contributed by atoms with E-state index in [4.69, 9.17) is 0 Å². The SMILES string of the molecule is O=C(CCc1ccccn1)N1CCC2(CCC(=O)N(C3CCC(O)CC3)C2)CC1. The first-order valence-corrected chi connectivity index (χ1v) is 11.2. The zero-order valence-corrected chi connectivity index (χ0v) is 17.3. The first-order chi connectivity index (χ1) is 14.0. The lowest BCUT2D eigenvalue weighted by Gasteiger charge is -2.50. The van der Waals surface area contributed by atoms with Crippen LogP contribution in [-0.2, 0) is 16.0 Å². The number of hydrogen-bond acceptors (Lipinski definition) is 4. The van der Waals surface area contributed by atoms with Crippen molar-refractivity contribution in [1.29, 1.82) is 0 Å². The predicted octanol–water partition coefficient (Wildman–Crippen LogP) is 2.55. The molecule has 158 valence electrons. The molecular weight excluding hydrogens is 366 g/mol. The molecular formula is C23H33N3O3. The lowest BCUT2D eigenvalue weighted by molar-refractivity contribution is -0.146. The third kappa shape index (κ3) is 4.80. The van der Waals surface area contributed by atoms with Crippen molar-refractivity contribution in [2.45, 2.75) is 76.4 Å². The fraction of sp³-hybridized carbons (Fsp3) is 0.696. The van der Waals surface area contributed by atoms with Crippen molar-refractivity contribution in [1.82, 2.24) is 14.8 Å². The summed E-state index contributed by atoms with van der Waals surface area (Å²) in [6.45, 7) is 2.43. The highest BCUT2D eigenvalue weighted by Gasteiger charge is 2.43. The Balaban J connectivity index is 1.29. The van der Waals surface area contributed by atoms with Gasteiger partial charge in [-0.3, -0.25) is 14.6 Å². The van der Waals surface area contributed by atoms with Gasteiger partial charge in [0.25, 0.3) is 0 Å². The van der Waals surface area contributed by atoms with Gasteiger partial charge in [0, 0.05) is 50.4 Å². The summed E-state index contributed by atoms with van der Waals surface area (Å²) < 4.78 is 0. The third-order valence-corrected chi connectivity index (χ3v) is 7.30. The number of aryl methyl sites for hydroxylation is 1. The molecule has 2 saturated heterocycles. The predicted molar refractivity (Wildman–Crippen MR) is 110 cm³/mol. The van der Waals surface area contributed by atoms with E-state index in [1.54, 1.807) is 6.20 Å². The van der Waals surface area contributed by atoms with Crippen molar-refractivity contribution in [2.75, 3.05) is 19.6 Å². The van der Waals surface area contributed by atoms with E-state index in [9.17, 15) is 14.7 Å². The van der Waals surface area contributed by atoms with Gasteiger partial charge >= 0.3 is 0 Å². The maximum Gasteiger partial charge on any atom is 0.222 e. The number of aliphatic hydroxyl groups excluding tert-OH is 1. The van der Waals surface area contributed by atoms with Gasteiger partial charge in [-0.05, 0) is 68.9 Å². The Hall–Kier alpha value is -1.95.